The Morgan fingerprint density at radius 1 is 0.302 bits per heavy atom. The molecule has 0 saturated heterocycles. The molecule has 0 saturated carbocycles. The summed E-state index contributed by atoms with van der Waals surface area (Å²) in [5, 5.41) is 10.6. The van der Waals surface area contributed by atoms with Crippen molar-refractivity contribution in [1.29, 1.82) is 0 Å². The number of hydrogen-bond acceptors (Lipinski definition) is 15. The van der Waals surface area contributed by atoms with Gasteiger partial charge in [-0.05, 0) is 37.5 Å². The Morgan fingerprint density at radius 2 is 0.531 bits per heavy atom. The van der Waals surface area contributed by atoms with Crippen LogP contribution in [0.4, 0.5) is 0 Å². The fraction of sp³-hybridized carbons (Fsp3) is 0.948. The van der Waals surface area contributed by atoms with Gasteiger partial charge in [0.1, 0.15) is 19.3 Å². The second-order valence-electron chi connectivity index (χ2n) is 28.5. The lowest BCUT2D eigenvalue weighted by Gasteiger charge is -2.21. The number of unbranched alkanes of at least 4 members (excludes halogenated alkanes) is 45. The number of hydrogen-bond donors (Lipinski definition) is 3. The standard InChI is InChI=1S/C77H150O17P2/c1-7-10-12-14-16-18-20-22-23-24-29-32-36-40-47-53-59-74(79)87-65-72(93-76(81)62-56-50-42-38-34-30-26-25-28-31-35-39-45-51-57-69(4)5)67-91-95(83,84)89-63-71(78)64-90-96(85,86)92-68-73(66-88-75(80)60-54-48-44-43-46-52-58-70(6)9-3)94-77(82)61-55-49-41-37-33-27-21-19-17-15-13-11-8-2/h69-73,78H,7-68H2,1-6H3,(H,83,84)(H,85,86)/t70?,71-,72-,73-/m1/s1. The maximum atomic E-state index is 13.1. The topological polar surface area (TPSA) is 237 Å². The number of phosphoric acid groups is 2. The molecule has 0 aromatic rings. The van der Waals surface area contributed by atoms with Gasteiger partial charge in [0.15, 0.2) is 12.2 Å². The molecular formula is C77H150O17P2. The van der Waals surface area contributed by atoms with Crippen molar-refractivity contribution in [2.45, 2.75) is 419 Å². The first-order valence-electron chi connectivity index (χ1n) is 40.0. The second kappa shape index (κ2) is 68.8. The molecule has 17 nitrogen and oxygen atoms in total. The molecule has 3 unspecified atom stereocenters. The first-order valence-corrected chi connectivity index (χ1v) is 43.0. The van der Waals surface area contributed by atoms with Gasteiger partial charge in [-0.2, -0.15) is 0 Å². The zero-order valence-electron chi connectivity index (χ0n) is 62.7. The molecular weight excluding hydrogens is 1260 g/mol. The summed E-state index contributed by atoms with van der Waals surface area (Å²) in [6.07, 6.45) is 56.8. The third kappa shape index (κ3) is 69.2. The maximum absolute atomic E-state index is 13.1. The highest BCUT2D eigenvalue weighted by Crippen LogP contribution is 2.45. The smallest absolute Gasteiger partial charge is 0.462 e. The predicted octanol–water partition coefficient (Wildman–Crippen LogP) is 22.7. The number of phosphoric ester groups is 2. The van der Waals surface area contributed by atoms with E-state index < -0.39 is 97.5 Å². The summed E-state index contributed by atoms with van der Waals surface area (Å²) in [7, 11) is -9.91. The van der Waals surface area contributed by atoms with Gasteiger partial charge in [-0.15, -0.1) is 0 Å². The normalized spacial score (nSPS) is 14.3. The van der Waals surface area contributed by atoms with Crippen LogP contribution in [0.25, 0.3) is 0 Å². The SMILES string of the molecule is CCCCCCCCCCCCCCCCCCC(=O)OC[C@H](COP(=O)(O)OC[C@@H](O)COP(=O)(O)OC[C@@H](COC(=O)CCCCCCCCC(C)CC)OC(=O)CCCCCCCCCCCCCCC)OC(=O)CCCCCCCCCCCCCCCCC(C)C. The molecule has 0 aromatic carbocycles. The van der Waals surface area contributed by atoms with Gasteiger partial charge in [-0.3, -0.25) is 37.3 Å². The van der Waals surface area contributed by atoms with Crippen molar-refractivity contribution < 1.29 is 80.2 Å². The first-order chi connectivity index (χ1) is 46.4. The van der Waals surface area contributed by atoms with E-state index >= 15 is 0 Å². The largest absolute Gasteiger partial charge is 0.472 e. The molecule has 0 radical (unpaired) electrons. The number of aliphatic hydroxyl groups is 1. The molecule has 0 aromatic heterocycles. The van der Waals surface area contributed by atoms with Crippen LogP contribution in [-0.4, -0.2) is 96.7 Å². The van der Waals surface area contributed by atoms with Crippen LogP contribution in [0.3, 0.4) is 0 Å². The van der Waals surface area contributed by atoms with Gasteiger partial charge in [-0.25, -0.2) is 9.13 Å². The molecule has 3 N–H and O–H groups in total. The van der Waals surface area contributed by atoms with Crippen LogP contribution in [0.1, 0.15) is 401 Å². The van der Waals surface area contributed by atoms with Gasteiger partial charge in [-0.1, -0.05) is 350 Å². The van der Waals surface area contributed by atoms with Crippen LogP contribution in [-0.2, 0) is 65.4 Å². The highest BCUT2D eigenvalue weighted by atomic mass is 31.2. The minimum Gasteiger partial charge on any atom is -0.462 e. The molecule has 0 bridgehead atoms. The third-order valence-electron chi connectivity index (χ3n) is 18.3. The van der Waals surface area contributed by atoms with Crippen LogP contribution in [0.2, 0.25) is 0 Å². The molecule has 0 fully saturated rings. The third-order valence-corrected chi connectivity index (χ3v) is 20.2. The van der Waals surface area contributed by atoms with E-state index in [4.69, 9.17) is 37.0 Å². The molecule has 0 rings (SSSR count). The lowest BCUT2D eigenvalue weighted by Crippen LogP contribution is -2.30. The van der Waals surface area contributed by atoms with Crippen LogP contribution < -0.4 is 0 Å². The number of carbonyl (C=O) groups is 4. The van der Waals surface area contributed by atoms with E-state index in [1.54, 1.807) is 0 Å². The first kappa shape index (κ1) is 94.1. The van der Waals surface area contributed by atoms with Crippen LogP contribution in [0.15, 0.2) is 0 Å². The number of esters is 4. The second-order valence-corrected chi connectivity index (χ2v) is 31.4. The lowest BCUT2D eigenvalue weighted by molar-refractivity contribution is -0.161. The van der Waals surface area contributed by atoms with Crippen molar-refractivity contribution in [1.82, 2.24) is 0 Å². The molecule has 96 heavy (non-hydrogen) atoms. The Balaban J connectivity index is 5.25. The number of ether oxygens (including phenoxy) is 4. The maximum Gasteiger partial charge on any atom is 0.472 e. The summed E-state index contributed by atoms with van der Waals surface area (Å²) in [5.74, 6) is -0.587. The summed E-state index contributed by atoms with van der Waals surface area (Å²) in [5.41, 5.74) is 0. The zero-order valence-corrected chi connectivity index (χ0v) is 64.5. The summed E-state index contributed by atoms with van der Waals surface area (Å²) in [6.45, 7) is 9.59. The quantitative estimate of drug-likeness (QED) is 0.0222. The lowest BCUT2D eigenvalue weighted by atomic mass is 10.00. The molecule has 0 aliphatic rings. The molecule has 0 aliphatic heterocycles. The van der Waals surface area contributed by atoms with Crippen molar-refractivity contribution in [3.63, 3.8) is 0 Å². The van der Waals surface area contributed by atoms with E-state index in [2.05, 4.69) is 41.5 Å². The van der Waals surface area contributed by atoms with Crippen LogP contribution in [0.5, 0.6) is 0 Å². The van der Waals surface area contributed by atoms with E-state index in [0.717, 1.165) is 108 Å². The van der Waals surface area contributed by atoms with E-state index in [9.17, 15) is 43.2 Å². The number of rotatable bonds is 76. The van der Waals surface area contributed by atoms with Crippen molar-refractivity contribution in [2.24, 2.45) is 11.8 Å². The Labute approximate surface area is 588 Å². The van der Waals surface area contributed by atoms with Crippen molar-refractivity contribution in [3.8, 4) is 0 Å². The molecule has 0 aliphatic carbocycles. The summed E-state index contributed by atoms with van der Waals surface area (Å²) in [4.78, 5) is 72.9. The van der Waals surface area contributed by atoms with Crippen LogP contribution in [0, 0.1) is 11.8 Å². The van der Waals surface area contributed by atoms with Crippen molar-refractivity contribution in [2.75, 3.05) is 39.6 Å². The minimum absolute atomic E-state index is 0.107. The van der Waals surface area contributed by atoms with Crippen molar-refractivity contribution >= 4 is 39.5 Å². The molecule has 0 spiro atoms. The monoisotopic (exact) mass is 1410 g/mol. The number of aliphatic hydroxyl groups excluding tert-OH is 1. The Bertz CT molecular complexity index is 1860. The minimum atomic E-state index is -4.96. The zero-order chi connectivity index (χ0) is 70.7. The van der Waals surface area contributed by atoms with E-state index in [0.29, 0.717) is 25.7 Å². The Morgan fingerprint density at radius 3 is 0.792 bits per heavy atom. The molecule has 0 amide bonds. The number of carbonyl (C=O) groups excluding carboxylic acids is 4. The fourth-order valence-electron chi connectivity index (χ4n) is 11.8. The Kier molecular flexibility index (Phi) is 67.4. The molecule has 0 heterocycles. The fourth-order valence-corrected chi connectivity index (χ4v) is 13.4. The van der Waals surface area contributed by atoms with Gasteiger partial charge in [0.25, 0.3) is 0 Å². The molecule has 19 heteroatoms. The average Bonchev–Trinajstić information content (AvgIpc) is 2.04. The molecule has 6 atom stereocenters. The predicted molar refractivity (Wildman–Crippen MR) is 391 cm³/mol. The summed E-state index contributed by atoms with van der Waals surface area (Å²) < 4.78 is 68.6. The highest BCUT2D eigenvalue weighted by Gasteiger charge is 2.30. The van der Waals surface area contributed by atoms with E-state index in [-0.39, 0.29) is 25.7 Å². The highest BCUT2D eigenvalue weighted by molar-refractivity contribution is 7.47. The van der Waals surface area contributed by atoms with E-state index in [1.165, 1.54) is 212 Å². The van der Waals surface area contributed by atoms with Gasteiger partial charge < -0.3 is 33.8 Å². The summed E-state index contributed by atoms with van der Waals surface area (Å²) >= 11 is 0. The van der Waals surface area contributed by atoms with E-state index in [1.807, 2.05) is 0 Å². The van der Waals surface area contributed by atoms with Gasteiger partial charge in [0, 0.05) is 25.7 Å². The van der Waals surface area contributed by atoms with Crippen molar-refractivity contribution in [3.05, 3.63) is 0 Å². The Hall–Kier alpha value is -1.94. The van der Waals surface area contributed by atoms with Gasteiger partial charge in [0.05, 0.1) is 26.4 Å². The van der Waals surface area contributed by atoms with Gasteiger partial charge in [0.2, 0.25) is 0 Å². The van der Waals surface area contributed by atoms with Gasteiger partial charge >= 0.3 is 39.5 Å². The van der Waals surface area contributed by atoms with Crippen LogP contribution >= 0.6 is 15.6 Å². The summed E-state index contributed by atoms with van der Waals surface area (Å²) in [6, 6.07) is 0. The molecule has 570 valence electrons. The average molecular weight is 1410 g/mol.